The molecule has 1 aliphatic heterocycles. The van der Waals surface area contributed by atoms with Crippen molar-refractivity contribution in [1.29, 1.82) is 0 Å². The van der Waals surface area contributed by atoms with Crippen LogP contribution in [-0.4, -0.2) is 63.6 Å². The van der Waals surface area contributed by atoms with Crippen molar-refractivity contribution in [1.82, 2.24) is 0 Å². The van der Waals surface area contributed by atoms with Gasteiger partial charge in [-0.25, -0.2) is 4.79 Å². The minimum Gasteiger partial charge on any atom is -0.508 e. The Hall–Kier alpha value is -2.88. The Morgan fingerprint density at radius 1 is 1.29 bits per heavy atom. The summed E-state index contributed by atoms with van der Waals surface area (Å²) in [6.45, 7) is 2.95. The lowest BCUT2D eigenvalue weighted by molar-refractivity contribution is -0.221. The lowest BCUT2D eigenvalue weighted by Crippen LogP contribution is -2.54. The molecule has 1 aromatic rings. The molecule has 1 fully saturated rings. The number of aromatic hydroxyl groups is 1. The fourth-order valence-corrected chi connectivity index (χ4v) is 4.33. The molecule has 1 saturated carbocycles. The Labute approximate surface area is 198 Å². The van der Waals surface area contributed by atoms with Crippen LogP contribution >= 0.6 is 0 Å². The highest BCUT2D eigenvalue weighted by molar-refractivity contribution is 5.87. The van der Waals surface area contributed by atoms with E-state index in [4.69, 9.17) is 14.2 Å². The monoisotopic (exact) mass is 476 g/mol. The third-order valence-electron chi connectivity index (χ3n) is 6.58. The molecule has 0 spiro atoms. The molecular formula is C25H32O9. The molecule has 0 bridgehead atoms. The molecule has 186 valence electrons. The number of aliphatic hydroxyl groups is 3. The SMILES string of the molecule is CC[C@H](C)CC(=O)O[C@H]1OC=C(CO)[C@H]2C[C@H](O)[C@](O)(COC(=O)C=Cc3ccc(O)cc3)[C@H]12. The maximum absolute atomic E-state index is 12.4. The summed E-state index contributed by atoms with van der Waals surface area (Å²) in [5, 5.41) is 41.1. The second-order valence-corrected chi connectivity index (χ2v) is 8.97. The molecule has 9 nitrogen and oxygen atoms in total. The van der Waals surface area contributed by atoms with E-state index in [-0.39, 0.29) is 31.1 Å². The highest BCUT2D eigenvalue weighted by Crippen LogP contribution is 2.49. The van der Waals surface area contributed by atoms with Crippen LogP contribution in [0.4, 0.5) is 0 Å². The summed E-state index contributed by atoms with van der Waals surface area (Å²) in [5.74, 6) is -2.52. The summed E-state index contributed by atoms with van der Waals surface area (Å²) in [7, 11) is 0. The minimum atomic E-state index is -1.96. The predicted molar refractivity (Wildman–Crippen MR) is 121 cm³/mol. The maximum Gasteiger partial charge on any atom is 0.330 e. The van der Waals surface area contributed by atoms with Crippen molar-refractivity contribution in [2.24, 2.45) is 17.8 Å². The van der Waals surface area contributed by atoms with Gasteiger partial charge in [-0.05, 0) is 41.7 Å². The van der Waals surface area contributed by atoms with Crippen molar-refractivity contribution in [3.05, 3.63) is 47.7 Å². The molecular weight excluding hydrogens is 444 g/mol. The summed E-state index contributed by atoms with van der Waals surface area (Å²) >= 11 is 0. The van der Waals surface area contributed by atoms with Crippen LogP contribution in [0, 0.1) is 17.8 Å². The first-order valence-electron chi connectivity index (χ1n) is 11.4. The Bertz CT molecular complexity index is 923. The average molecular weight is 477 g/mol. The number of rotatable bonds is 9. The van der Waals surface area contributed by atoms with Gasteiger partial charge in [0.25, 0.3) is 0 Å². The van der Waals surface area contributed by atoms with Crippen molar-refractivity contribution in [3.63, 3.8) is 0 Å². The van der Waals surface area contributed by atoms with E-state index in [1.54, 1.807) is 12.1 Å². The molecule has 0 unspecified atom stereocenters. The van der Waals surface area contributed by atoms with Crippen molar-refractivity contribution < 1.29 is 44.2 Å². The molecule has 9 heteroatoms. The standard InChI is InChI=1S/C25H32O9/c1-3-15(2)10-22(30)34-24-23-19(17(12-26)13-32-24)11-20(28)25(23,31)14-33-21(29)9-6-16-4-7-18(27)8-5-16/h4-9,13,15,19-20,23-24,26-28,31H,3,10-12,14H2,1-2H3/t15-,19+,20-,23-,24+,25+/m0/s1. The summed E-state index contributed by atoms with van der Waals surface area (Å²) in [6, 6.07) is 6.17. The maximum atomic E-state index is 12.4. The molecule has 1 aliphatic carbocycles. The minimum absolute atomic E-state index is 0.0806. The number of hydrogen-bond donors (Lipinski definition) is 4. The Kier molecular flexibility index (Phi) is 8.35. The number of hydrogen-bond acceptors (Lipinski definition) is 9. The van der Waals surface area contributed by atoms with Gasteiger partial charge in [0, 0.05) is 18.4 Å². The molecule has 1 aromatic carbocycles. The van der Waals surface area contributed by atoms with Gasteiger partial charge < -0.3 is 34.6 Å². The van der Waals surface area contributed by atoms with Gasteiger partial charge >= 0.3 is 11.9 Å². The van der Waals surface area contributed by atoms with E-state index in [2.05, 4.69) is 0 Å². The van der Waals surface area contributed by atoms with Crippen molar-refractivity contribution in [2.45, 2.75) is 51.1 Å². The van der Waals surface area contributed by atoms with Gasteiger partial charge in [0.2, 0.25) is 6.29 Å². The van der Waals surface area contributed by atoms with Crippen LogP contribution in [0.1, 0.15) is 38.7 Å². The number of ether oxygens (including phenoxy) is 3. The number of carbonyl (C=O) groups is 2. The van der Waals surface area contributed by atoms with Gasteiger partial charge in [0.05, 0.1) is 24.9 Å². The first kappa shape index (κ1) is 25.7. The number of benzene rings is 1. The van der Waals surface area contributed by atoms with Gasteiger partial charge in [-0.1, -0.05) is 32.4 Å². The number of esters is 2. The average Bonchev–Trinajstić information content (AvgIpc) is 3.08. The molecule has 4 N–H and O–H groups in total. The third kappa shape index (κ3) is 5.78. The number of phenolic OH excluding ortho intramolecular Hbond substituents is 1. The molecule has 3 rings (SSSR count). The van der Waals surface area contributed by atoms with Crippen LogP contribution in [0.3, 0.4) is 0 Å². The van der Waals surface area contributed by atoms with Crippen LogP contribution in [-0.2, 0) is 23.8 Å². The zero-order valence-electron chi connectivity index (χ0n) is 19.3. The summed E-state index contributed by atoms with van der Waals surface area (Å²) < 4.78 is 16.3. The summed E-state index contributed by atoms with van der Waals surface area (Å²) in [6.07, 6.45) is 2.48. The second-order valence-electron chi connectivity index (χ2n) is 8.97. The first-order chi connectivity index (χ1) is 16.2. The van der Waals surface area contributed by atoms with Crippen LogP contribution in [0.2, 0.25) is 0 Å². The lowest BCUT2D eigenvalue weighted by atomic mass is 9.80. The van der Waals surface area contributed by atoms with Gasteiger partial charge in [0.15, 0.2) is 0 Å². The van der Waals surface area contributed by atoms with Crippen molar-refractivity contribution >= 4 is 18.0 Å². The highest BCUT2D eigenvalue weighted by atomic mass is 16.7. The molecule has 34 heavy (non-hydrogen) atoms. The molecule has 0 aromatic heterocycles. The Morgan fingerprint density at radius 3 is 2.65 bits per heavy atom. The molecule has 0 radical (unpaired) electrons. The highest BCUT2D eigenvalue weighted by Gasteiger charge is 2.61. The lowest BCUT2D eigenvalue weighted by Gasteiger charge is -2.40. The van der Waals surface area contributed by atoms with Gasteiger partial charge in [-0.2, -0.15) is 0 Å². The molecule has 2 aliphatic rings. The topological polar surface area (TPSA) is 143 Å². The smallest absolute Gasteiger partial charge is 0.330 e. The van der Waals surface area contributed by atoms with Crippen LogP contribution in [0.15, 0.2) is 42.2 Å². The molecule has 1 heterocycles. The number of carbonyl (C=O) groups excluding carboxylic acids is 2. The normalized spacial score (nSPS) is 29.1. The Morgan fingerprint density at radius 2 is 2.00 bits per heavy atom. The molecule has 0 saturated heterocycles. The fraction of sp³-hybridized carbons (Fsp3) is 0.520. The van der Waals surface area contributed by atoms with Gasteiger partial charge in [-0.15, -0.1) is 0 Å². The van der Waals surface area contributed by atoms with Crippen molar-refractivity contribution in [3.8, 4) is 5.75 Å². The largest absolute Gasteiger partial charge is 0.508 e. The number of aliphatic hydroxyl groups excluding tert-OH is 2. The second kappa shape index (κ2) is 11.0. The number of fused-ring (bicyclic) bond motifs is 1. The van der Waals surface area contributed by atoms with Crippen LogP contribution < -0.4 is 0 Å². The zero-order chi connectivity index (χ0) is 24.9. The van der Waals surface area contributed by atoms with Gasteiger partial charge in [0.1, 0.15) is 18.0 Å². The van der Waals surface area contributed by atoms with E-state index < -0.39 is 48.4 Å². The Balaban J connectivity index is 1.72. The quantitative estimate of drug-likeness (QED) is 0.310. The van der Waals surface area contributed by atoms with Crippen LogP contribution in [0.5, 0.6) is 5.75 Å². The summed E-state index contributed by atoms with van der Waals surface area (Å²) in [4.78, 5) is 24.7. The van der Waals surface area contributed by atoms with Gasteiger partial charge in [-0.3, -0.25) is 4.79 Å². The molecule has 0 amide bonds. The van der Waals surface area contributed by atoms with E-state index in [0.29, 0.717) is 11.1 Å². The van der Waals surface area contributed by atoms with E-state index in [0.717, 1.165) is 12.5 Å². The van der Waals surface area contributed by atoms with E-state index in [1.807, 2.05) is 13.8 Å². The van der Waals surface area contributed by atoms with Crippen molar-refractivity contribution in [2.75, 3.05) is 13.2 Å². The summed E-state index contributed by atoms with van der Waals surface area (Å²) in [5.41, 5.74) is -0.850. The number of phenols is 1. The third-order valence-corrected chi connectivity index (χ3v) is 6.58. The predicted octanol–water partition coefficient (Wildman–Crippen LogP) is 1.89. The fourth-order valence-electron chi connectivity index (χ4n) is 4.33. The first-order valence-corrected chi connectivity index (χ1v) is 11.4. The van der Waals surface area contributed by atoms with Crippen LogP contribution in [0.25, 0.3) is 6.08 Å². The molecule has 6 atom stereocenters. The van der Waals surface area contributed by atoms with E-state index in [1.165, 1.54) is 24.5 Å². The van der Waals surface area contributed by atoms with E-state index >= 15 is 0 Å². The van der Waals surface area contributed by atoms with E-state index in [9.17, 15) is 30.0 Å². The zero-order valence-corrected chi connectivity index (χ0v) is 19.3.